The minimum Gasteiger partial charge on any atom is -0.478 e. The van der Waals surface area contributed by atoms with Crippen molar-refractivity contribution in [2.24, 2.45) is 0 Å². The van der Waals surface area contributed by atoms with Gasteiger partial charge in [-0.2, -0.15) is 0 Å². The van der Waals surface area contributed by atoms with Crippen molar-refractivity contribution < 1.29 is 14.7 Å². The molecule has 2 rings (SSSR count). The number of Topliss-reactive ketones (excluding diaryl/α,β-unsaturated/α-hetero) is 1. The molecule has 1 heterocycles. The molecule has 0 fully saturated rings. The third-order valence-electron chi connectivity index (χ3n) is 2.36. The van der Waals surface area contributed by atoms with Crippen molar-refractivity contribution in [1.82, 2.24) is 4.09 Å². The highest BCUT2D eigenvalue weighted by molar-refractivity contribution is 6.21. The molecule has 0 spiro atoms. The van der Waals surface area contributed by atoms with Crippen LogP contribution in [0.5, 0.6) is 0 Å². The van der Waals surface area contributed by atoms with Crippen LogP contribution in [0.3, 0.4) is 0 Å². The molecule has 0 unspecified atom stereocenters. The van der Waals surface area contributed by atoms with E-state index in [9.17, 15) is 9.59 Å². The molecule has 0 saturated carbocycles. The van der Waals surface area contributed by atoms with Crippen molar-refractivity contribution in [1.29, 1.82) is 0 Å². The largest absolute Gasteiger partial charge is 0.478 e. The summed E-state index contributed by atoms with van der Waals surface area (Å²) < 4.78 is 1.29. The van der Waals surface area contributed by atoms with Crippen LogP contribution >= 0.6 is 11.8 Å². The summed E-state index contributed by atoms with van der Waals surface area (Å²) >= 11 is 5.87. The summed E-state index contributed by atoms with van der Waals surface area (Å²) in [6.07, 6.45) is 1.57. The number of hydrogen-bond acceptors (Lipinski definition) is 2. The Kier molecular flexibility index (Phi) is 2.44. The second-order valence-electron chi connectivity index (χ2n) is 3.45. The molecule has 1 aromatic heterocycles. The Labute approximate surface area is 96.2 Å². The summed E-state index contributed by atoms with van der Waals surface area (Å²) in [6.45, 7) is 1.38. The molecule has 2 aromatic rings. The second-order valence-corrected chi connectivity index (χ2v) is 3.81. The molecule has 82 valence electrons. The van der Waals surface area contributed by atoms with Crippen LogP contribution in [0.25, 0.3) is 10.9 Å². The average molecular weight is 238 g/mol. The van der Waals surface area contributed by atoms with Gasteiger partial charge < -0.3 is 5.11 Å². The average Bonchev–Trinajstić information content (AvgIpc) is 2.59. The van der Waals surface area contributed by atoms with Gasteiger partial charge in [-0.1, -0.05) is 0 Å². The molecule has 0 atom stereocenters. The predicted molar refractivity (Wildman–Crippen MR) is 60.2 cm³/mol. The summed E-state index contributed by atoms with van der Waals surface area (Å²) in [5.74, 6) is -1.28. The summed E-state index contributed by atoms with van der Waals surface area (Å²) in [4.78, 5) is 22.3. The summed E-state index contributed by atoms with van der Waals surface area (Å²) in [5, 5.41) is 9.55. The van der Waals surface area contributed by atoms with Gasteiger partial charge in [0.05, 0.1) is 11.1 Å². The van der Waals surface area contributed by atoms with E-state index in [1.54, 1.807) is 12.3 Å². The van der Waals surface area contributed by atoms with Crippen molar-refractivity contribution in [3.63, 3.8) is 0 Å². The number of aromatic nitrogens is 1. The second kappa shape index (κ2) is 3.64. The van der Waals surface area contributed by atoms with E-state index in [1.807, 2.05) is 0 Å². The Bertz CT molecular complexity index is 601. The summed E-state index contributed by atoms with van der Waals surface area (Å²) in [5.41, 5.74) is 0.939. The predicted octanol–water partition coefficient (Wildman–Crippen LogP) is 2.54. The van der Waals surface area contributed by atoms with Crippen LogP contribution in [-0.4, -0.2) is 20.9 Å². The standard InChI is InChI=1S/C11H8ClNO3/c1-6(14)9-5-8(11(15)16)4-7-2-3-13(12)10(7)9/h2-5H,1H3,(H,15,16). The monoisotopic (exact) mass is 237 g/mol. The number of halogens is 1. The smallest absolute Gasteiger partial charge is 0.335 e. The van der Waals surface area contributed by atoms with E-state index < -0.39 is 5.97 Å². The van der Waals surface area contributed by atoms with Gasteiger partial charge >= 0.3 is 5.97 Å². The third kappa shape index (κ3) is 1.57. The first kappa shape index (κ1) is 10.7. The lowest BCUT2D eigenvalue weighted by molar-refractivity contribution is 0.0697. The molecule has 4 nitrogen and oxygen atoms in total. The molecule has 1 aromatic carbocycles. The molecule has 16 heavy (non-hydrogen) atoms. The van der Waals surface area contributed by atoms with Gasteiger partial charge in [0.15, 0.2) is 5.78 Å². The first-order chi connectivity index (χ1) is 7.50. The van der Waals surface area contributed by atoms with E-state index in [-0.39, 0.29) is 11.3 Å². The van der Waals surface area contributed by atoms with Crippen molar-refractivity contribution in [3.05, 3.63) is 35.5 Å². The molecule has 0 aliphatic heterocycles. The SMILES string of the molecule is CC(=O)c1cc(C(=O)O)cc2ccn(Cl)c12. The number of carboxylic acids is 1. The van der Waals surface area contributed by atoms with E-state index in [1.165, 1.54) is 23.1 Å². The van der Waals surface area contributed by atoms with E-state index in [0.29, 0.717) is 16.5 Å². The van der Waals surface area contributed by atoms with Crippen LogP contribution in [0.1, 0.15) is 27.6 Å². The van der Waals surface area contributed by atoms with Crippen LogP contribution in [0.4, 0.5) is 0 Å². The Hall–Kier alpha value is -1.81. The summed E-state index contributed by atoms with van der Waals surface area (Å²) in [7, 11) is 0. The molecule has 5 heteroatoms. The van der Waals surface area contributed by atoms with E-state index in [0.717, 1.165) is 0 Å². The van der Waals surface area contributed by atoms with Crippen LogP contribution in [0, 0.1) is 0 Å². The molecule has 0 amide bonds. The van der Waals surface area contributed by atoms with Crippen LogP contribution in [0.15, 0.2) is 24.4 Å². The van der Waals surface area contributed by atoms with Crippen molar-refractivity contribution >= 4 is 34.4 Å². The van der Waals surface area contributed by atoms with E-state index >= 15 is 0 Å². The molecule has 0 aliphatic carbocycles. The number of nitrogens with zero attached hydrogens (tertiary/aromatic N) is 1. The number of benzene rings is 1. The number of aromatic carboxylic acids is 1. The fourth-order valence-corrected chi connectivity index (χ4v) is 1.88. The molecule has 0 saturated heterocycles. The molecular weight excluding hydrogens is 230 g/mol. The Balaban J connectivity index is 2.86. The zero-order valence-corrected chi connectivity index (χ0v) is 9.15. The number of carbonyl (C=O) groups is 2. The highest BCUT2D eigenvalue weighted by Gasteiger charge is 2.14. The van der Waals surface area contributed by atoms with Gasteiger partial charge in [-0.05, 0) is 25.1 Å². The van der Waals surface area contributed by atoms with Gasteiger partial charge in [-0.3, -0.25) is 8.88 Å². The maximum Gasteiger partial charge on any atom is 0.335 e. The zero-order chi connectivity index (χ0) is 11.9. The molecule has 0 radical (unpaired) electrons. The Morgan fingerprint density at radius 3 is 2.62 bits per heavy atom. The normalized spacial score (nSPS) is 10.6. The van der Waals surface area contributed by atoms with Gasteiger partial charge in [-0.15, -0.1) is 0 Å². The first-order valence-corrected chi connectivity index (χ1v) is 4.90. The number of carbonyl (C=O) groups excluding carboxylic acids is 1. The fraction of sp³-hybridized carbons (Fsp3) is 0.0909. The lowest BCUT2D eigenvalue weighted by atomic mass is 10.0. The van der Waals surface area contributed by atoms with Crippen LogP contribution in [0.2, 0.25) is 0 Å². The topological polar surface area (TPSA) is 59.3 Å². The highest BCUT2D eigenvalue weighted by atomic mass is 35.5. The molecule has 1 N–H and O–H groups in total. The number of ketones is 1. The maximum atomic E-state index is 11.4. The molecular formula is C11H8ClNO3. The van der Waals surface area contributed by atoms with Crippen molar-refractivity contribution in [2.75, 3.05) is 0 Å². The van der Waals surface area contributed by atoms with Crippen LogP contribution < -0.4 is 0 Å². The van der Waals surface area contributed by atoms with Gasteiger partial charge in [0, 0.05) is 28.9 Å². The van der Waals surface area contributed by atoms with Crippen molar-refractivity contribution in [2.45, 2.75) is 6.92 Å². The molecule has 0 aliphatic rings. The fourth-order valence-electron chi connectivity index (χ4n) is 1.63. The number of carboxylic acid groups (broad SMARTS) is 1. The van der Waals surface area contributed by atoms with Gasteiger partial charge in [0.2, 0.25) is 0 Å². The molecule has 0 bridgehead atoms. The quantitative estimate of drug-likeness (QED) is 0.817. The van der Waals surface area contributed by atoms with E-state index in [2.05, 4.69) is 0 Å². The minimum atomic E-state index is -1.06. The van der Waals surface area contributed by atoms with Gasteiger partial charge in [0.1, 0.15) is 0 Å². The van der Waals surface area contributed by atoms with Gasteiger partial charge in [-0.25, -0.2) is 4.79 Å². The minimum absolute atomic E-state index is 0.0839. The van der Waals surface area contributed by atoms with E-state index in [4.69, 9.17) is 16.9 Å². The van der Waals surface area contributed by atoms with Gasteiger partial charge in [0.25, 0.3) is 0 Å². The van der Waals surface area contributed by atoms with Crippen LogP contribution in [-0.2, 0) is 0 Å². The number of fused-ring (bicyclic) bond motifs is 1. The third-order valence-corrected chi connectivity index (χ3v) is 2.65. The zero-order valence-electron chi connectivity index (χ0n) is 8.40. The lowest BCUT2D eigenvalue weighted by Gasteiger charge is -2.03. The number of hydrogen-bond donors (Lipinski definition) is 1. The number of rotatable bonds is 2. The Morgan fingerprint density at radius 2 is 2.06 bits per heavy atom. The maximum absolute atomic E-state index is 11.4. The highest BCUT2D eigenvalue weighted by Crippen LogP contribution is 2.24. The lowest BCUT2D eigenvalue weighted by Crippen LogP contribution is -2.02. The Morgan fingerprint density at radius 1 is 1.38 bits per heavy atom. The van der Waals surface area contributed by atoms with Crippen molar-refractivity contribution in [3.8, 4) is 0 Å². The summed E-state index contributed by atoms with van der Waals surface area (Å²) in [6, 6.07) is 4.50. The first-order valence-electron chi connectivity index (χ1n) is 4.56.